The van der Waals surface area contributed by atoms with Gasteiger partial charge in [-0.2, -0.15) is 0 Å². The first-order valence-corrected chi connectivity index (χ1v) is 9.64. The summed E-state index contributed by atoms with van der Waals surface area (Å²) in [6, 6.07) is 13.0. The topological polar surface area (TPSA) is 79.4 Å². The number of carbonyl (C=O) groups excluding carboxylic acids is 3. The first-order valence-electron chi connectivity index (χ1n) is 8.76. The van der Waals surface area contributed by atoms with Gasteiger partial charge in [-0.05, 0) is 38.1 Å². The van der Waals surface area contributed by atoms with E-state index in [0.29, 0.717) is 16.8 Å². The third kappa shape index (κ3) is 3.10. The molecule has 7 heteroatoms. The lowest BCUT2D eigenvalue weighted by Gasteiger charge is -2.21. The van der Waals surface area contributed by atoms with Crippen molar-refractivity contribution in [1.82, 2.24) is 9.88 Å². The van der Waals surface area contributed by atoms with E-state index in [0.717, 1.165) is 21.2 Å². The van der Waals surface area contributed by atoms with Gasteiger partial charge in [0.1, 0.15) is 6.04 Å². The van der Waals surface area contributed by atoms with E-state index in [1.165, 1.54) is 0 Å². The van der Waals surface area contributed by atoms with Crippen molar-refractivity contribution in [3.63, 3.8) is 0 Å². The minimum absolute atomic E-state index is 0.327. The van der Waals surface area contributed by atoms with Crippen LogP contribution in [0.2, 0.25) is 0 Å². The summed E-state index contributed by atoms with van der Waals surface area (Å²) in [6.07, 6.45) is 0. The molecule has 3 amide bonds. The van der Waals surface area contributed by atoms with Gasteiger partial charge >= 0.3 is 0 Å². The molecule has 0 spiro atoms. The summed E-state index contributed by atoms with van der Waals surface area (Å²) in [7, 11) is 0. The van der Waals surface area contributed by atoms with Gasteiger partial charge < -0.3 is 5.32 Å². The summed E-state index contributed by atoms with van der Waals surface area (Å²) < 4.78 is 0. The van der Waals surface area contributed by atoms with Crippen molar-refractivity contribution in [2.45, 2.75) is 19.9 Å². The molecule has 3 aromatic rings. The molecule has 4 rings (SSSR count). The van der Waals surface area contributed by atoms with E-state index in [9.17, 15) is 14.4 Å². The Morgan fingerprint density at radius 2 is 1.75 bits per heavy atom. The second-order valence-corrected chi connectivity index (χ2v) is 7.59. The van der Waals surface area contributed by atoms with Crippen molar-refractivity contribution >= 4 is 34.7 Å². The molecule has 1 aliphatic heterocycles. The molecule has 0 fully saturated rings. The van der Waals surface area contributed by atoms with Crippen LogP contribution in [0, 0.1) is 6.92 Å². The Labute approximate surface area is 165 Å². The summed E-state index contributed by atoms with van der Waals surface area (Å²) in [5, 5.41) is 5.71. The van der Waals surface area contributed by atoms with Crippen molar-refractivity contribution in [1.29, 1.82) is 0 Å². The number of fused-ring (bicyclic) bond motifs is 1. The van der Waals surface area contributed by atoms with Crippen LogP contribution in [0.1, 0.15) is 32.6 Å². The highest BCUT2D eigenvalue weighted by atomic mass is 32.1. The summed E-state index contributed by atoms with van der Waals surface area (Å²) in [5.74, 6) is -1.33. The molecule has 140 valence electrons. The van der Waals surface area contributed by atoms with Crippen LogP contribution in [0.25, 0.3) is 11.3 Å². The lowest BCUT2D eigenvalue weighted by Crippen LogP contribution is -2.45. The van der Waals surface area contributed by atoms with Crippen molar-refractivity contribution in [3.05, 3.63) is 70.0 Å². The van der Waals surface area contributed by atoms with E-state index in [-0.39, 0.29) is 0 Å². The number of rotatable bonds is 4. The Hall–Kier alpha value is -3.32. The summed E-state index contributed by atoms with van der Waals surface area (Å²) >= 11 is 1.56. The van der Waals surface area contributed by atoms with Crippen LogP contribution in [-0.4, -0.2) is 33.6 Å². The number of anilines is 1. The maximum absolute atomic E-state index is 12.7. The Morgan fingerprint density at radius 1 is 1.07 bits per heavy atom. The monoisotopic (exact) mass is 391 g/mol. The molecular formula is C21H17N3O3S. The summed E-state index contributed by atoms with van der Waals surface area (Å²) in [5.41, 5.74) is 2.96. The summed E-state index contributed by atoms with van der Waals surface area (Å²) in [4.78, 5) is 43.3. The number of nitrogens with zero attached hydrogens (tertiary/aromatic N) is 2. The number of nitrogens with one attached hydrogen (secondary N) is 1. The number of aromatic nitrogens is 1. The van der Waals surface area contributed by atoms with Crippen LogP contribution in [0.4, 0.5) is 5.69 Å². The van der Waals surface area contributed by atoms with Gasteiger partial charge in [0.05, 0.1) is 21.8 Å². The molecule has 0 radical (unpaired) electrons. The van der Waals surface area contributed by atoms with Gasteiger partial charge in [0.25, 0.3) is 11.8 Å². The smallest absolute Gasteiger partial charge is 0.262 e. The van der Waals surface area contributed by atoms with Gasteiger partial charge in [-0.25, -0.2) is 4.98 Å². The van der Waals surface area contributed by atoms with Crippen molar-refractivity contribution in [3.8, 4) is 11.3 Å². The highest BCUT2D eigenvalue weighted by molar-refractivity contribution is 7.09. The number of aryl methyl sites for hydroxylation is 1. The van der Waals surface area contributed by atoms with Gasteiger partial charge in [-0.1, -0.05) is 24.3 Å². The van der Waals surface area contributed by atoms with Crippen LogP contribution in [-0.2, 0) is 4.79 Å². The fourth-order valence-corrected chi connectivity index (χ4v) is 3.80. The molecule has 0 bridgehead atoms. The fraction of sp³-hybridized carbons (Fsp3) is 0.143. The minimum Gasteiger partial charge on any atom is -0.324 e. The molecule has 0 saturated heterocycles. The van der Waals surface area contributed by atoms with E-state index >= 15 is 0 Å². The predicted molar refractivity (Wildman–Crippen MR) is 107 cm³/mol. The Kier molecular flexibility index (Phi) is 4.52. The zero-order valence-corrected chi connectivity index (χ0v) is 16.1. The number of imide groups is 1. The van der Waals surface area contributed by atoms with Crippen molar-refractivity contribution < 1.29 is 14.4 Å². The van der Waals surface area contributed by atoms with Crippen LogP contribution in [0.5, 0.6) is 0 Å². The lowest BCUT2D eigenvalue weighted by molar-refractivity contribution is -0.119. The maximum Gasteiger partial charge on any atom is 0.262 e. The second kappa shape index (κ2) is 7.01. The van der Waals surface area contributed by atoms with Crippen LogP contribution in [0.15, 0.2) is 53.9 Å². The molecule has 2 heterocycles. The predicted octanol–water partition coefficient (Wildman–Crippen LogP) is 3.74. The first kappa shape index (κ1) is 18.1. The molecule has 6 nitrogen and oxygen atoms in total. The first-order chi connectivity index (χ1) is 13.5. The number of thiazole rings is 1. The molecular weight excluding hydrogens is 374 g/mol. The quantitative estimate of drug-likeness (QED) is 0.687. The van der Waals surface area contributed by atoms with Crippen LogP contribution < -0.4 is 5.32 Å². The molecule has 1 aliphatic rings. The largest absolute Gasteiger partial charge is 0.324 e. The lowest BCUT2D eigenvalue weighted by atomic mass is 10.1. The highest BCUT2D eigenvalue weighted by Crippen LogP contribution is 2.26. The minimum atomic E-state index is -0.933. The standard InChI is InChI=1S/C21H17N3O3S/c1-12(24-20(26)16-8-3-4-9-17(16)21(24)27)19(25)23-15-7-5-6-14(10-15)18-11-28-13(2)22-18/h3-12H,1-2H3,(H,23,25)/t12-/m0/s1. The number of amides is 3. The van der Waals surface area contributed by atoms with Crippen molar-refractivity contribution in [2.24, 2.45) is 0 Å². The fourth-order valence-electron chi connectivity index (χ4n) is 3.18. The van der Waals surface area contributed by atoms with Gasteiger partial charge in [0, 0.05) is 16.6 Å². The normalized spacial score (nSPS) is 14.1. The van der Waals surface area contributed by atoms with Gasteiger partial charge in [-0.3, -0.25) is 19.3 Å². The molecule has 1 aromatic heterocycles. The molecule has 28 heavy (non-hydrogen) atoms. The van der Waals surface area contributed by atoms with Gasteiger partial charge in [0.2, 0.25) is 5.91 Å². The van der Waals surface area contributed by atoms with Gasteiger partial charge in [0.15, 0.2) is 0 Å². The van der Waals surface area contributed by atoms with E-state index in [1.54, 1.807) is 48.6 Å². The van der Waals surface area contributed by atoms with Gasteiger partial charge in [-0.15, -0.1) is 11.3 Å². The van der Waals surface area contributed by atoms with E-state index in [4.69, 9.17) is 0 Å². The van der Waals surface area contributed by atoms with E-state index in [1.807, 2.05) is 30.5 Å². The Morgan fingerprint density at radius 3 is 2.36 bits per heavy atom. The highest BCUT2D eigenvalue weighted by Gasteiger charge is 2.40. The molecule has 0 saturated carbocycles. The second-order valence-electron chi connectivity index (χ2n) is 6.52. The van der Waals surface area contributed by atoms with Crippen molar-refractivity contribution in [2.75, 3.05) is 5.32 Å². The molecule has 1 atom stereocenters. The zero-order valence-electron chi connectivity index (χ0n) is 15.3. The van der Waals surface area contributed by atoms with Crippen LogP contribution >= 0.6 is 11.3 Å². The SMILES string of the molecule is Cc1nc(-c2cccc(NC(=O)[C@H](C)N3C(=O)c4ccccc4C3=O)c2)cs1. The molecule has 0 unspecified atom stereocenters. The molecule has 2 aromatic carbocycles. The molecule has 0 aliphatic carbocycles. The third-order valence-electron chi connectivity index (χ3n) is 4.64. The number of hydrogen-bond acceptors (Lipinski definition) is 5. The van der Waals surface area contributed by atoms with E-state index < -0.39 is 23.8 Å². The number of hydrogen-bond donors (Lipinski definition) is 1. The summed E-state index contributed by atoms with van der Waals surface area (Å²) in [6.45, 7) is 3.48. The van der Waals surface area contributed by atoms with E-state index in [2.05, 4.69) is 10.3 Å². The average molecular weight is 391 g/mol. The third-order valence-corrected chi connectivity index (χ3v) is 5.41. The molecule has 1 N–H and O–H groups in total. The average Bonchev–Trinajstić information content (AvgIpc) is 3.24. The zero-order chi connectivity index (χ0) is 19.8. The maximum atomic E-state index is 12.7. The number of carbonyl (C=O) groups is 3. The Bertz CT molecular complexity index is 1070. The Balaban J connectivity index is 1.53. The van der Waals surface area contributed by atoms with Crippen LogP contribution in [0.3, 0.4) is 0 Å². The number of benzene rings is 2.